The lowest BCUT2D eigenvalue weighted by atomic mass is 10.0. The van der Waals surface area contributed by atoms with Gasteiger partial charge in [-0.2, -0.15) is 5.10 Å². The summed E-state index contributed by atoms with van der Waals surface area (Å²) in [6.45, 7) is 3.51. The second kappa shape index (κ2) is 8.20. The molecule has 31 heavy (non-hydrogen) atoms. The first-order chi connectivity index (χ1) is 15.2. The van der Waals surface area contributed by atoms with E-state index in [1.807, 2.05) is 29.9 Å². The molecule has 3 aromatic carbocycles. The lowest BCUT2D eigenvalue weighted by Gasteiger charge is -2.16. The van der Waals surface area contributed by atoms with Crippen molar-refractivity contribution in [1.29, 1.82) is 0 Å². The second-order valence-corrected chi connectivity index (χ2v) is 7.84. The number of hydrogen-bond donors (Lipinski definition) is 0. The molecule has 2 aromatic heterocycles. The summed E-state index contributed by atoms with van der Waals surface area (Å²) >= 11 is 0. The normalized spacial score (nSPS) is 11.5. The van der Waals surface area contributed by atoms with E-state index >= 15 is 0 Å². The molecular weight excluding hydrogens is 384 g/mol. The van der Waals surface area contributed by atoms with Gasteiger partial charge in [-0.3, -0.25) is 4.90 Å². The molecule has 2 heterocycles. The Hall–Kier alpha value is -3.70. The van der Waals surface area contributed by atoms with Gasteiger partial charge < -0.3 is 4.42 Å². The van der Waals surface area contributed by atoms with E-state index in [1.165, 1.54) is 10.9 Å². The topological polar surface area (TPSA) is 47.1 Å². The number of hydrogen-bond acceptors (Lipinski definition) is 4. The molecule has 0 N–H and O–H groups in total. The van der Waals surface area contributed by atoms with Crippen LogP contribution in [0.5, 0.6) is 0 Å². The van der Waals surface area contributed by atoms with Crippen LogP contribution in [0.25, 0.3) is 27.9 Å². The minimum Gasteiger partial charge on any atom is -0.441 e. The summed E-state index contributed by atoms with van der Waals surface area (Å²) in [7, 11) is 2.10. The van der Waals surface area contributed by atoms with Crippen molar-refractivity contribution in [2.75, 3.05) is 7.05 Å². The lowest BCUT2D eigenvalue weighted by Crippen LogP contribution is -2.18. The van der Waals surface area contributed by atoms with Crippen LogP contribution in [-0.4, -0.2) is 26.7 Å². The number of oxazole rings is 1. The van der Waals surface area contributed by atoms with E-state index < -0.39 is 0 Å². The van der Waals surface area contributed by atoms with Crippen molar-refractivity contribution < 1.29 is 4.42 Å². The van der Waals surface area contributed by atoms with E-state index in [0.29, 0.717) is 12.4 Å². The van der Waals surface area contributed by atoms with Crippen molar-refractivity contribution in [1.82, 2.24) is 19.7 Å². The number of aromatic nitrogens is 3. The quantitative estimate of drug-likeness (QED) is 0.366. The molecule has 0 bridgehead atoms. The van der Waals surface area contributed by atoms with Gasteiger partial charge in [-0.05, 0) is 54.6 Å². The van der Waals surface area contributed by atoms with Gasteiger partial charge in [0.25, 0.3) is 0 Å². The van der Waals surface area contributed by atoms with Crippen LogP contribution in [0.4, 0.5) is 0 Å². The molecule has 5 heteroatoms. The van der Waals surface area contributed by atoms with Crippen molar-refractivity contribution in [2.45, 2.75) is 20.0 Å². The number of aryl methyl sites for hydroxylation is 1. The monoisotopic (exact) mass is 408 g/mol. The standard InChI is InChI=1S/C26H24N4O/c1-19-25(28-26(31-19)24-13-6-10-21-9-3-4-12-23(21)24)18-29(2)17-20-8-5-11-22(16-20)30-15-7-14-27-30/h3-16H,17-18H2,1-2H3. The second-order valence-electron chi connectivity index (χ2n) is 7.84. The summed E-state index contributed by atoms with van der Waals surface area (Å²) in [5.74, 6) is 1.54. The number of rotatable bonds is 6. The first kappa shape index (κ1) is 19.3. The van der Waals surface area contributed by atoms with Gasteiger partial charge in [0.1, 0.15) is 5.76 Å². The van der Waals surface area contributed by atoms with Crippen molar-refractivity contribution in [3.05, 3.63) is 102 Å². The summed E-state index contributed by atoms with van der Waals surface area (Å²) in [5.41, 5.74) is 4.29. The third-order valence-corrected chi connectivity index (χ3v) is 5.46. The van der Waals surface area contributed by atoms with E-state index in [1.54, 1.807) is 6.20 Å². The van der Waals surface area contributed by atoms with Crippen LogP contribution in [0.3, 0.4) is 0 Å². The van der Waals surface area contributed by atoms with Gasteiger partial charge in [0.15, 0.2) is 0 Å². The summed E-state index contributed by atoms with van der Waals surface area (Å²) in [4.78, 5) is 7.10. The Morgan fingerprint density at radius 3 is 2.65 bits per heavy atom. The molecule has 0 aliphatic carbocycles. The number of fused-ring (bicyclic) bond motifs is 1. The van der Waals surface area contributed by atoms with Crippen molar-refractivity contribution >= 4 is 10.8 Å². The summed E-state index contributed by atoms with van der Waals surface area (Å²) < 4.78 is 7.96. The SMILES string of the molecule is Cc1oc(-c2cccc3ccccc23)nc1CN(C)Cc1cccc(-n2cccn2)c1. The maximum absolute atomic E-state index is 6.08. The van der Waals surface area contributed by atoms with Crippen LogP contribution in [-0.2, 0) is 13.1 Å². The molecule has 0 spiro atoms. The largest absolute Gasteiger partial charge is 0.441 e. The Morgan fingerprint density at radius 1 is 0.935 bits per heavy atom. The minimum atomic E-state index is 0.679. The van der Waals surface area contributed by atoms with Gasteiger partial charge >= 0.3 is 0 Å². The van der Waals surface area contributed by atoms with E-state index in [2.05, 4.69) is 77.7 Å². The Labute approximate surface area is 181 Å². The molecular formula is C26H24N4O. The average Bonchev–Trinajstić information content (AvgIpc) is 3.44. The molecule has 0 unspecified atom stereocenters. The number of benzene rings is 3. The zero-order valence-corrected chi connectivity index (χ0v) is 17.7. The average molecular weight is 409 g/mol. The summed E-state index contributed by atoms with van der Waals surface area (Å²) in [5, 5.41) is 6.66. The molecule has 0 amide bonds. The van der Waals surface area contributed by atoms with Crippen LogP contribution >= 0.6 is 0 Å². The molecule has 0 fully saturated rings. The van der Waals surface area contributed by atoms with Gasteiger partial charge in [-0.1, -0.05) is 48.5 Å². The predicted octanol–water partition coefficient (Wildman–Crippen LogP) is 5.62. The molecule has 0 saturated heterocycles. The molecule has 5 aromatic rings. The Balaban J connectivity index is 1.35. The van der Waals surface area contributed by atoms with Crippen LogP contribution in [0.15, 0.2) is 89.6 Å². The van der Waals surface area contributed by atoms with Crippen LogP contribution in [0.2, 0.25) is 0 Å². The van der Waals surface area contributed by atoms with E-state index in [0.717, 1.165) is 34.6 Å². The molecule has 0 radical (unpaired) electrons. The molecule has 0 aliphatic rings. The van der Waals surface area contributed by atoms with Crippen molar-refractivity contribution in [2.24, 2.45) is 0 Å². The molecule has 0 aliphatic heterocycles. The lowest BCUT2D eigenvalue weighted by molar-refractivity contribution is 0.313. The highest BCUT2D eigenvalue weighted by atomic mass is 16.4. The Morgan fingerprint density at radius 2 is 1.77 bits per heavy atom. The third kappa shape index (κ3) is 4.00. The van der Waals surface area contributed by atoms with Gasteiger partial charge in [0.05, 0.1) is 11.4 Å². The van der Waals surface area contributed by atoms with Gasteiger partial charge in [-0.15, -0.1) is 0 Å². The Kier molecular flexibility index (Phi) is 5.10. The highest BCUT2D eigenvalue weighted by Gasteiger charge is 2.15. The third-order valence-electron chi connectivity index (χ3n) is 5.46. The van der Waals surface area contributed by atoms with Crippen LogP contribution in [0.1, 0.15) is 17.0 Å². The summed E-state index contributed by atoms with van der Waals surface area (Å²) in [6.07, 6.45) is 3.75. The van der Waals surface area contributed by atoms with Crippen LogP contribution in [0, 0.1) is 6.92 Å². The molecule has 5 rings (SSSR count). The maximum Gasteiger partial charge on any atom is 0.227 e. The first-order valence-corrected chi connectivity index (χ1v) is 10.4. The molecule has 0 atom stereocenters. The minimum absolute atomic E-state index is 0.679. The van der Waals surface area contributed by atoms with Gasteiger partial charge in [0, 0.05) is 31.0 Å². The highest BCUT2D eigenvalue weighted by molar-refractivity contribution is 5.94. The zero-order chi connectivity index (χ0) is 21.2. The smallest absolute Gasteiger partial charge is 0.227 e. The highest BCUT2D eigenvalue weighted by Crippen LogP contribution is 2.29. The van der Waals surface area contributed by atoms with Gasteiger partial charge in [0.2, 0.25) is 5.89 Å². The van der Waals surface area contributed by atoms with Gasteiger partial charge in [-0.25, -0.2) is 9.67 Å². The van der Waals surface area contributed by atoms with E-state index in [4.69, 9.17) is 9.40 Å². The van der Waals surface area contributed by atoms with Crippen LogP contribution < -0.4 is 0 Å². The predicted molar refractivity (Wildman–Crippen MR) is 123 cm³/mol. The fraction of sp³-hybridized carbons (Fsp3) is 0.154. The molecule has 154 valence electrons. The van der Waals surface area contributed by atoms with E-state index in [-0.39, 0.29) is 0 Å². The van der Waals surface area contributed by atoms with Crippen molar-refractivity contribution in [3.8, 4) is 17.1 Å². The Bertz CT molecular complexity index is 1320. The fourth-order valence-electron chi connectivity index (χ4n) is 3.94. The fourth-order valence-corrected chi connectivity index (χ4v) is 3.94. The van der Waals surface area contributed by atoms with Crippen molar-refractivity contribution in [3.63, 3.8) is 0 Å². The molecule has 5 nitrogen and oxygen atoms in total. The molecule has 0 saturated carbocycles. The number of nitrogens with zero attached hydrogens (tertiary/aromatic N) is 4. The summed E-state index contributed by atoms with van der Waals surface area (Å²) in [6, 6.07) is 24.9. The first-order valence-electron chi connectivity index (χ1n) is 10.4. The zero-order valence-electron chi connectivity index (χ0n) is 17.7. The van der Waals surface area contributed by atoms with E-state index in [9.17, 15) is 0 Å². The maximum atomic E-state index is 6.08.